The van der Waals surface area contributed by atoms with Crippen molar-refractivity contribution in [2.75, 3.05) is 14.2 Å². The maximum Gasteiger partial charge on any atom is 0.285 e. The van der Waals surface area contributed by atoms with Gasteiger partial charge in [0.15, 0.2) is 11.6 Å². The van der Waals surface area contributed by atoms with E-state index in [9.17, 15) is 13.2 Å². The molecular formula is C22H35F3O3. The molecule has 0 heterocycles. The smallest absolute Gasteiger partial charge is 0.285 e. The molecule has 1 aromatic rings. The van der Waals surface area contributed by atoms with E-state index < -0.39 is 23.4 Å². The van der Waals surface area contributed by atoms with Gasteiger partial charge in [0, 0.05) is 26.2 Å². The predicted octanol–water partition coefficient (Wildman–Crippen LogP) is 6.38. The van der Waals surface area contributed by atoms with Gasteiger partial charge in [-0.25, -0.2) is 13.2 Å². The summed E-state index contributed by atoms with van der Waals surface area (Å²) in [5, 5.41) is 0. The second kappa shape index (κ2) is 12.5. The summed E-state index contributed by atoms with van der Waals surface area (Å²) in [4.78, 5) is 0. The molecule has 0 saturated carbocycles. The lowest BCUT2D eigenvalue weighted by Crippen LogP contribution is -2.47. The van der Waals surface area contributed by atoms with Gasteiger partial charge in [0.25, 0.3) is 5.97 Å². The summed E-state index contributed by atoms with van der Waals surface area (Å²) in [5.41, 5.74) is 0.0840. The fourth-order valence-corrected chi connectivity index (χ4v) is 3.50. The Kier molecular flexibility index (Phi) is 11.1. The lowest BCUT2D eigenvalue weighted by molar-refractivity contribution is -0.398. The van der Waals surface area contributed by atoms with Crippen molar-refractivity contribution in [2.45, 2.75) is 84.2 Å². The third-order valence-electron chi connectivity index (χ3n) is 4.93. The van der Waals surface area contributed by atoms with Crippen molar-refractivity contribution in [2.24, 2.45) is 5.92 Å². The Balaban J connectivity index is 3.00. The first-order chi connectivity index (χ1) is 13.3. The minimum absolute atomic E-state index is 0.0840. The van der Waals surface area contributed by atoms with Crippen LogP contribution in [0.25, 0.3) is 0 Å². The highest BCUT2D eigenvalue weighted by Crippen LogP contribution is 2.34. The van der Waals surface area contributed by atoms with Gasteiger partial charge in [-0.15, -0.1) is 0 Å². The summed E-state index contributed by atoms with van der Waals surface area (Å²) >= 11 is 0. The normalized spacial score (nSPS) is 13.3. The van der Waals surface area contributed by atoms with Gasteiger partial charge in [-0.3, -0.25) is 0 Å². The highest BCUT2D eigenvalue weighted by Gasteiger charge is 2.42. The van der Waals surface area contributed by atoms with Gasteiger partial charge in [-0.1, -0.05) is 45.4 Å². The monoisotopic (exact) mass is 404 g/mol. The Labute approximate surface area is 167 Å². The van der Waals surface area contributed by atoms with Gasteiger partial charge < -0.3 is 14.2 Å². The number of hydrogen-bond acceptors (Lipinski definition) is 3. The van der Waals surface area contributed by atoms with Crippen LogP contribution in [0.4, 0.5) is 13.2 Å². The lowest BCUT2D eigenvalue weighted by Gasteiger charge is -2.39. The number of rotatable bonds is 14. The van der Waals surface area contributed by atoms with Gasteiger partial charge in [0.1, 0.15) is 5.82 Å². The molecule has 6 heteroatoms. The molecule has 162 valence electrons. The molecule has 0 amide bonds. The van der Waals surface area contributed by atoms with Crippen molar-refractivity contribution in [3.63, 3.8) is 0 Å². The number of halogens is 3. The average Bonchev–Trinajstić information content (AvgIpc) is 2.65. The molecule has 0 radical (unpaired) electrons. The number of hydrogen-bond donors (Lipinski definition) is 0. The molecule has 0 spiro atoms. The highest BCUT2D eigenvalue weighted by atomic mass is 19.2. The molecule has 0 aliphatic rings. The van der Waals surface area contributed by atoms with E-state index in [0.717, 1.165) is 25.3 Å². The lowest BCUT2D eigenvalue weighted by atomic mass is 9.90. The van der Waals surface area contributed by atoms with Crippen molar-refractivity contribution >= 4 is 0 Å². The Bertz CT molecular complexity index is 574. The van der Waals surface area contributed by atoms with Crippen LogP contribution in [0, 0.1) is 23.4 Å². The van der Waals surface area contributed by atoms with E-state index in [-0.39, 0.29) is 24.0 Å². The van der Waals surface area contributed by atoms with Crippen LogP contribution < -0.4 is 0 Å². The fraction of sp³-hybridized carbons (Fsp3) is 0.727. The molecule has 0 aromatic heterocycles. The Morgan fingerprint density at radius 1 is 0.857 bits per heavy atom. The molecule has 0 N–H and O–H groups in total. The van der Waals surface area contributed by atoms with Crippen molar-refractivity contribution in [3.8, 4) is 0 Å². The van der Waals surface area contributed by atoms with Crippen LogP contribution in [0.2, 0.25) is 0 Å². The van der Waals surface area contributed by atoms with Crippen molar-refractivity contribution in [1.29, 1.82) is 0 Å². The minimum Gasteiger partial charge on any atom is -0.331 e. The summed E-state index contributed by atoms with van der Waals surface area (Å²) in [6.45, 7) is 5.88. The predicted molar refractivity (Wildman–Crippen MR) is 104 cm³/mol. The van der Waals surface area contributed by atoms with Gasteiger partial charge in [-0.2, -0.15) is 0 Å². The second-order valence-electron chi connectivity index (χ2n) is 7.49. The Morgan fingerprint density at radius 3 is 2.00 bits per heavy atom. The van der Waals surface area contributed by atoms with Gasteiger partial charge in [0.05, 0.1) is 6.10 Å². The molecule has 0 fully saturated rings. The average molecular weight is 405 g/mol. The van der Waals surface area contributed by atoms with Gasteiger partial charge >= 0.3 is 0 Å². The molecule has 1 unspecified atom stereocenters. The van der Waals surface area contributed by atoms with Crippen LogP contribution in [0.15, 0.2) is 12.1 Å². The first-order valence-corrected chi connectivity index (χ1v) is 10.2. The molecule has 0 saturated heterocycles. The molecule has 1 atom stereocenters. The summed E-state index contributed by atoms with van der Waals surface area (Å²) in [5.74, 6) is -4.81. The largest absolute Gasteiger partial charge is 0.331 e. The molecule has 1 rings (SSSR count). The highest BCUT2D eigenvalue weighted by molar-refractivity contribution is 5.21. The summed E-state index contributed by atoms with van der Waals surface area (Å²) < 4.78 is 58.3. The number of methoxy groups -OCH3 is 2. The summed E-state index contributed by atoms with van der Waals surface area (Å²) in [6.07, 6.45) is 7.18. The van der Waals surface area contributed by atoms with Crippen LogP contribution in [-0.4, -0.2) is 26.3 Å². The SMILES string of the molecule is CCCCCCCCC(Cc1cc(F)c(F)cc1F)C(OC)(OC)OC(C)C. The van der Waals surface area contributed by atoms with E-state index in [2.05, 4.69) is 6.92 Å². The van der Waals surface area contributed by atoms with Crippen molar-refractivity contribution < 1.29 is 27.4 Å². The Hall–Kier alpha value is -1.11. The van der Waals surface area contributed by atoms with Crippen molar-refractivity contribution in [1.82, 2.24) is 0 Å². The molecule has 28 heavy (non-hydrogen) atoms. The number of ether oxygens (including phenoxy) is 3. The van der Waals surface area contributed by atoms with Gasteiger partial charge in [0.2, 0.25) is 0 Å². The quantitative estimate of drug-likeness (QED) is 0.204. The fourth-order valence-electron chi connectivity index (χ4n) is 3.50. The van der Waals surface area contributed by atoms with Crippen LogP contribution in [0.3, 0.4) is 0 Å². The molecular weight excluding hydrogens is 369 g/mol. The van der Waals surface area contributed by atoms with Gasteiger partial charge in [-0.05, 0) is 38.3 Å². The standard InChI is InChI=1S/C22H35F3O3/c1-6-7-8-9-10-11-12-18(22(26-4,27-5)28-16(2)3)13-17-14-20(24)21(25)15-19(17)23/h14-16,18H,6-13H2,1-5H3. The molecule has 0 aliphatic carbocycles. The topological polar surface area (TPSA) is 27.7 Å². The third-order valence-corrected chi connectivity index (χ3v) is 4.93. The van der Waals surface area contributed by atoms with E-state index in [0.29, 0.717) is 12.5 Å². The molecule has 3 nitrogen and oxygen atoms in total. The number of unbranched alkanes of at least 4 members (excludes halogenated alkanes) is 5. The Morgan fingerprint density at radius 2 is 1.43 bits per heavy atom. The van der Waals surface area contributed by atoms with Crippen LogP contribution >= 0.6 is 0 Å². The zero-order valence-corrected chi connectivity index (χ0v) is 17.8. The maximum atomic E-state index is 14.2. The van der Waals surface area contributed by atoms with Crippen molar-refractivity contribution in [3.05, 3.63) is 35.1 Å². The summed E-state index contributed by atoms with van der Waals surface area (Å²) in [7, 11) is 2.95. The van der Waals surface area contributed by atoms with E-state index in [1.54, 1.807) is 0 Å². The maximum absolute atomic E-state index is 14.2. The third kappa shape index (κ3) is 7.37. The molecule has 1 aromatic carbocycles. The number of benzene rings is 1. The second-order valence-corrected chi connectivity index (χ2v) is 7.49. The zero-order valence-electron chi connectivity index (χ0n) is 17.8. The van der Waals surface area contributed by atoms with E-state index in [4.69, 9.17) is 14.2 Å². The van der Waals surface area contributed by atoms with E-state index in [1.165, 1.54) is 33.5 Å². The molecule has 0 aliphatic heterocycles. The van der Waals surface area contributed by atoms with E-state index >= 15 is 0 Å². The first-order valence-electron chi connectivity index (χ1n) is 10.2. The minimum atomic E-state index is -1.38. The molecule has 0 bridgehead atoms. The zero-order chi connectivity index (χ0) is 21.2. The van der Waals surface area contributed by atoms with Crippen LogP contribution in [-0.2, 0) is 20.6 Å². The van der Waals surface area contributed by atoms with E-state index in [1.807, 2.05) is 13.8 Å². The van der Waals surface area contributed by atoms with Crippen LogP contribution in [0.5, 0.6) is 0 Å². The van der Waals surface area contributed by atoms with Crippen LogP contribution in [0.1, 0.15) is 71.3 Å². The first kappa shape index (κ1) is 24.9. The summed E-state index contributed by atoms with van der Waals surface area (Å²) in [6, 6.07) is 1.49.